The van der Waals surface area contributed by atoms with Crippen LogP contribution >= 0.6 is 0 Å². The molecule has 0 saturated carbocycles. The lowest BCUT2D eigenvalue weighted by Crippen LogP contribution is -2.64. The van der Waals surface area contributed by atoms with E-state index in [4.69, 9.17) is 5.73 Å². The van der Waals surface area contributed by atoms with E-state index in [1.165, 1.54) is 0 Å². The quantitative estimate of drug-likeness (QED) is 0.782. The van der Waals surface area contributed by atoms with Gasteiger partial charge in [0.25, 0.3) is 0 Å². The van der Waals surface area contributed by atoms with E-state index in [2.05, 4.69) is 0 Å². The zero-order valence-electron chi connectivity index (χ0n) is 9.97. The summed E-state index contributed by atoms with van der Waals surface area (Å²) in [6, 6.07) is 9.19. The molecular formula is C13H18N2O2. The molecule has 1 unspecified atom stereocenters. The van der Waals surface area contributed by atoms with E-state index in [1.807, 2.05) is 30.3 Å². The lowest BCUT2D eigenvalue weighted by molar-refractivity contribution is -0.153. The molecule has 0 bridgehead atoms. The van der Waals surface area contributed by atoms with Crippen molar-refractivity contribution in [1.82, 2.24) is 4.90 Å². The molecule has 1 aromatic carbocycles. The van der Waals surface area contributed by atoms with Crippen molar-refractivity contribution in [2.75, 3.05) is 13.1 Å². The molecule has 0 aliphatic carbocycles. The van der Waals surface area contributed by atoms with Gasteiger partial charge < -0.3 is 15.7 Å². The van der Waals surface area contributed by atoms with Gasteiger partial charge in [0.1, 0.15) is 0 Å². The van der Waals surface area contributed by atoms with Crippen LogP contribution in [-0.2, 0) is 11.2 Å². The summed E-state index contributed by atoms with van der Waals surface area (Å²) in [6.45, 7) is 2.49. The monoisotopic (exact) mass is 234 g/mol. The number of benzene rings is 1. The Labute approximate surface area is 101 Å². The van der Waals surface area contributed by atoms with E-state index >= 15 is 0 Å². The normalized spacial score (nSPS) is 19.6. The van der Waals surface area contributed by atoms with Crippen LogP contribution in [0.2, 0.25) is 0 Å². The Kier molecular flexibility index (Phi) is 3.17. The molecular weight excluding hydrogens is 216 g/mol. The van der Waals surface area contributed by atoms with Crippen LogP contribution in [0.25, 0.3) is 0 Å². The van der Waals surface area contributed by atoms with E-state index in [1.54, 1.807) is 11.8 Å². The molecule has 3 N–H and O–H groups in total. The predicted molar refractivity (Wildman–Crippen MR) is 65.3 cm³/mol. The van der Waals surface area contributed by atoms with Gasteiger partial charge in [-0.05, 0) is 18.9 Å². The van der Waals surface area contributed by atoms with Gasteiger partial charge >= 0.3 is 0 Å². The highest BCUT2D eigenvalue weighted by Gasteiger charge is 2.40. The summed E-state index contributed by atoms with van der Waals surface area (Å²) >= 11 is 0. The standard InChI is InChI=1S/C13H18N2O2/c1-13(17)8-15(9-13)12(16)11(14)7-10-5-3-2-4-6-10/h2-6,11,17H,7-9,14H2,1H3. The molecule has 1 heterocycles. The molecule has 4 nitrogen and oxygen atoms in total. The summed E-state index contributed by atoms with van der Waals surface area (Å²) < 4.78 is 0. The van der Waals surface area contributed by atoms with E-state index in [0.717, 1.165) is 5.56 Å². The number of hydrogen-bond donors (Lipinski definition) is 2. The largest absolute Gasteiger partial charge is 0.386 e. The lowest BCUT2D eigenvalue weighted by atomic mass is 9.95. The lowest BCUT2D eigenvalue weighted by Gasteiger charge is -2.45. The average molecular weight is 234 g/mol. The minimum absolute atomic E-state index is 0.0830. The predicted octanol–water partition coefficient (Wildman–Crippen LogP) is 0.150. The van der Waals surface area contributed by atoms with Crippen molar-refractivity contribution in [2.24, 2.45) is 5.73 Å². The molecule has 0 spiro atoms. The Morgan fingerprint density at radius 1 is 1.47 bits per heavy atom. The molecule has 1 fully saturated rings. The van der Waals surface area contributed by atoms with Crippen molar-refractivity contribution >= 4 is 5.91 Å². The molecule has 0 radical (unpaired) electrons. The fourth-order valence-corrected chi connectivity index (χ4v) is 2.12. The van der Waals surface area contributed by atoms with Crippen LogP contribution < -0.4 is 5.73 Å². The van der Waals surface area contributed by atoms with Crippen LogP contribution in [0, 0.1) is 0 Å². The van der Waals surface area contributed by atoms with Crippen molar-refractivity contribution < 1.29 is 9.90 Å². The van der Waals surface area contributed by atoms with Crippen molar-refractivity contribution in [1.29, 1.82) is 0 Å². The Morgan fingerprint density at radius 3 is 2.59 bits per heavy atom. The summed E-state index contributed by atoms with van der Waals surface area (Å²) in [6.07, 6.45) is 0.540. The fourth-order valence-electron chi connectivity index (χ4n) is 2.12. The number of hydrogen-bond acceptors (Lipinski definition) is 3. The number of rotatable bonds is 3. The van der Waals surface area contributed by atoms with Gasteiger partial charge in [-0.15, -0.1) is 0 Å². The van der Waals surface area contributed by atoms with E-state index in [-0.39, 0.29) is 5.91 Å². The smallest absolute Gasteiger partial charge is 0.240 e. The second-order valence-electron chi connectivity index (χ2n) is 4.99. The molecule has 92 valence electrons. The summed E-state index contributed by atoms with van der Waals surface area (Å²) in [4.78, 5) is 13.5. The number of aliphatic hydroxyl groups is 1. The first kappa shape index (κ1) is 12.1. The Bertz CT molecular complexity index is 395. The molecule has 1 amide bonds. The van der Waals surface area contributed by atoms with Gasteiger partial charge in [0.2, 0.25) is 5.91 Å². The van der Waals surface area contributed by atoms with Gasteiger partial charge in [-0.3, -0.25) is 4.79 Å². The van der Waals surface area contributed by atoms with E-state index < -0.39 is 11.6 Å². The second kappa shape index (κ2) is 4.47. The van der Waals surface area contributed by atoms with Crippen LogP contribution in [0.15, 0.2) is 30.3 Å². The topological polar surface area (TPSA) is 66.6 Å². The van der Waals surface area contributed by atoms with E-state index in [0.29, 0.717) is 19.5 Å². The van der Waals surface area contributed by atoms with E-state index in [9.17, 15) is 9.90 Å². The van der Waals surface area contributed by atoms with Crippen LogP contribution in [0.3, 0.4) is 0 Å². The third-order valence-electron chi connectivity index (χ3n) is 2.99. The summed E-state index contributed by atoms with van der Waals surface area (Å²) in [7, 11) is 0. The number of nitrogens with two attached hydrogens (primary N) is 1. The van der Waals surface area contributed by atoms with Gasteiger partial charge in [0, 0.05) is 0 Å². The number of amides is 1. The molecule has 2 rings (SSSR count). The summed E-state index contributed by atoms with van der Waals surface area (Å²) in [5.41, 5.74) is 6.20. The van der Waals surface area contributed by atoms with Crippen LogP contribution in [0.4, 0.5) is 0 Å². The SMILES string of the molecule is CC1(O)CN(C(=O)C(N)Cc2ccccc2)C1. The van der Waals surface area contributed by atoms with Gasteiger partial charge in [-0.25, -0.2) is 0 Å². The highest BCUT2D eigenvalue weighted by Crippen LogP contribution is 2.20. The number of nitrogens with zero attached hydrogens (tertiary/aromatic N) is 1. The third-order valence-corrected chi connectivity index (χ3v) is 2.99. The maximum absolute atomic E-state index is 11.9. The summed E-state index contributed by atoms with van der Waals surface area (Å²) in [5, 5.41) is 9.57. The zero-order chi connectivity index (χ0) is 12.5. The van der Waals surface area contributed by atoms with Crippen molar-refractivity contribution in [3.8, 4) is 0 Å². The fraction of sp³-hybridized carbons (Fsp3) is 0.462. The molecule has 1 saturated heterocycles. The number of carbonyl (C=O) groups excluding carboxylic acids is 1. The van der Waals surface area contributed by atoms with Gasteiger partial charge in [-0.1, -0.05) is 30.3 Å². The van der Waals surface area contributed by atoms with Crippen molar-refractivity contribution in [2.45, 2.75) is 25.0 Å². The van der Waals surface area contributed by atoms with Gasteiger partial charge in [0.15, 0.2) is 0 Å². The highest BCUT2D eigenvalue weighted by atomic mass is 16.3. The Morgan fingerprint density at radius 2 is 2.06 bits per heavy atom. The Hall–Kier alpha value is -1.39. The molecule has 1 aromatic rings. The zero-order valence-corrected chi connectivity index (χ0v) is 9.97. The minimum atomic E-state index is -0.734. The molecule has 4 heteroatoms. The first-order valence-corrected chi connectivity index (χ1v) is 5.79. The number of likely N-dealkylation sites (tertiary alicyclic amines) is 1. The van der Waals surface area contributed by atoms with Gasteiger partial charge in [0.05, 0.1) is 24.7 Å². The number of β-amino-alcohol motifs (C(OH)–C–C–N with tert-alkyl or cyclic N) is 1. The maximum Gasteiger partial charge on any atom is 0.240 e. The highest BCUT2D eigenvalue weighted by molar-refractivity contribution is 5.83. The second-order valence-corrected chi connectivity index (χ2v) is 4.99. The minimum Gasteiger partial charge on any atom is -0.386 e. The molecule has 1 aliphatic heterocycles. The maximum atomic E-state index is 11.9. The summed E-state index contributed by atoms with van der Waals surface area (Å²) in [5.74, 6) is -0.0830. The van der Waals surface area contributed by atoms with Crippen molar-refractivity contribution in [3.05, 3.63) is 35.9 Å². The first-order valence-electron chi connectivity index (χ1n) is 5.79. The Balaban J connectivity index is 1.89. The van der Waals surface area contributed by atoms with Gasteiger partial charge in [-0.2, -0.15) is 0 Å². The third kappa shape index (κ3) is 2.84. The molecule has 0 aromatic heterocycles. The van der Waals surface area contributed by atoms with Crippen molar-refractivity contribution in [3.63, 3.8) is 0 Å². The first-order chi connectivity index (χ1) is 7.98. The average Bonchev–Trinajstić information content (AvgIpc) is 2.26. The molecule has 1 atom stereocenters. The molecule has 1 aliphatic rings. The van der Waals surface area contributed by atoms with Crippen LogP contribution in [0.5, 0.6) is 0 Å². The number of carbonyl (C=O) groups is 1. The molecule has 17 heavy (non-hydrogen) atoms. The van der Waals surface area contributed by atoms with Crippen LogP contribution in [-0.4, -0.2) is 40.6 Å². The van der Waals surface area contributed by atoms with Crippen LogP contribution in [0.1, 0.15) is 12.5 Å².